The van der Waals surface area contributed by atoms with Gasteiger partial charge in [0.25, 0.3) is 5.91 Å². The number of nitrogens with one attached hydrogen (secondary N) is 3. The Morgan fingerprint density at radius 3 is 1.98 bits per heavy atom. The second-order valence-corrected chi connectivity index (χ2v) is 15.8. The molecule has 13 heteroatoms. The number of unbranched alkanes of at least 4 members (excludes halogenated alkanes) is 1. The van der Waals surface area contributed by atoms with E-state index in [-0.39, 0.29) is 47.9 Å². The van der Waals surface area contributed by atoms with Crippen LogP contribution in [0.25, 0.3) is 0 Å². The Bertz CT molecular complexity index is 1570. The van der Waals surface area contributed by atoms with Crippen molar-refractivity contribution in [2.24, 2.45) is 17.8 Å². The predicted molar refractivity (Wildman–Crippen MR) is 208 cm³/mol. The summed E-state index contributed by atoms with van der Waals surface area (Å²) >= 11 is 0. The third-order valence-corrected chi connectivity index (χ3v) is 10.3. The Kier molecular flexibility index (Phi) is 18.1. The molecule has 1 aliphatic carbocycles. The molecule has 3 amide bonds. The Morgan fingerprint density at radius 1 is 0.782 bits per heavy atom. The van der Waals surface area contributed by atoms with Gasteiger partial charge >= 0.3 is 5.97 Å². The number of quaternary nitrogens is 1. The molecule has 4 atom stereocenters. The first-order valence-corrected chi connectivity index (χ1v) is 19.4. The minimum atomic E-state index is -0.962. The summed E-state index contributed by atoms with van der Waals surface area (Å²) in [6.45, 7) is 1.61. The Morgan fingerprint density at radius 2 is 1.40 bits per heavy atom. The van der Waals surface area contributed by atoms with E-state index in [2.05, 4.69) is 37.1 Å². The molecule has 2 aromatic carbocycles. The standard InChI is InChI=1S/C42H60N4O9/c1-28(23-36(49)35(24-29-13-7-6-8-14-29)44-40(52)31-18-20-32(21-19-31)42(54)55-5)39(51)45-38(30-15-9-10-16-30)37(50)25-33(17-11-12-22-46(2,3)4)41(53)43-34(26-47)27-48/h6-8,13-14,18-21,28,30,33-35,38,47-48H,9-12,15-17,22-27H2,1-5H3,(H2-,43,44,45,51,52,53)/p+1/t28-,33-,35+,38+/m1/s1. The van der Waals surface area contributed by atoms with E-state index in [4.69, 9.17) is 4.74 Å². The zero-order valence-electron chi connectivity index (χ0n) is 33.1. The molecule has 0 radical (unpaired) electrons. The van der Waals surface area contributed by atoms with Gasteiger partial charge in [0, 0.05) is 30.2 Å². The van der Waals surface area contributed by atoms with Crippen LogP contribution in [0, 0.1) is 17.8 Å². The lowest BCUT2D eigenvalue weighted by atomic mass is 9.86. The predicted octanol–water partition coefficient (Wildman–Crippen LogP) is 3.01. The quantitative estimate of drug-likeness (QED) is 0.0644. The number of hydrogen-bond acceptors (Lipinski definition) is 9. The maximum Gasteiger partial charge on any atom is 0.337 e. The molecular formula is C42H61N4O9+. The average Bonchev–Trinajstić information content (AvgIpc) is 3.71. The summed E-state index contributed by atoms with van der Waals surface area (Å²) in [7, 11) is 7.51. The van der Waals surface area contributed by atoms with Gasteiger partial charge in [-0.05, 0) is 74.3 Å². The molecule has 55 heavy (non-hydrogen) atoms. The maximum absolute atomic E-state index is 14.0. The van der Waals surface area contributed by atoms with E-state index in [1.54, 1.807) is 6.92 Å². The lowest BCUT2D eigenvalue weighted by Crippen LogP contribution is -2.50. The molecule has 0 unspecified atom stereocenters. The molecule has 0 bridgehead atoms. The molecule has 1 aliphatic rings. The van der Waals surface area contributed by atoms with E-state index >= 15 is 0 Å². The molecule has 5 N–H and O–H groups in total. The largest absolute Gasteiger partial charge is 0.465 e. The number of esters is 1. The van der Waals surface area contributed by atoms with Crippen molar-refractivity contribution in [2.75, 3.05) is 48.0 Å². The monoisotopic (exact) mass is 765 g/mol. The Hall–Kier alpha value is -4.46. The molecule has 1 fully saturated rings. The first kappa shape index (κ1) is 44.9. The molecule has 302 valence electrons. The van der Waals surface area contributed by atoms with Crippen LogP contribution in [-0.2, 0) is 30.3 Å². The second kappa shape index (κ2) is 22.2. The Labute approximate surface area is 325 Å². The van der Waals surface area contributed by atoms with E-state index in [1.807, 2.05) is 30.3 Å². The first-order valence-electron chi connectivity index (χ1n) is 19.4. The lowest BCUT2D eigenvalue weighted by Gasteiger charge is -2.28. The zero-order valence-corrected chi connectivity index (χ0v) is 33.1. The SMILES string of the molecule is COC(=O)c1ccc(C(=O)N[C@@H](Cc2ccccc2)C(=O)C[C@@H](C)C(=O)N[C@H](C(=O)C[C@@H](CCCC[N+](C)(C)C)C(=O)NC(CO)CO)C2CCCC2)cc1. The van der Waals surface area contributed by atoms with Crippen LogP contribution in [0.4, 0.5) is 0 Å². The number of methoxy groups -OCH3 is 1. The molecule has 0 aliphatic heterocycles. The minimum Gasteiger partial charge on any atom is -0.465 e. The number of amides is 3. The van der Waals surface area contributed by atoms with Crippen molar-refractivity contribution in [1.29, 1.82) is 0 Å². The molecule has 0 spiro atoms. The van der Waals surface area contributed by atoms with Crippen LogP contribution in [0.3, 0.4) is 0 Å². The van der Waals surface area contributed by atoms with Gasteiger partial charge < -0.3 is 35.4 Å². The summed E-state index contributed by atoms with van der Waals surface area (Å²) < 4.78 is 5.49. The number of aliphatic hydroxyl groups excluding tert-OH is 2. The van der Waals surface area contributed by atoms with Crippen molar-refractivity contribution < 1.29 is 48.2 Å². The van der Waals surface area contributed by atoms with Crippen LogP contribution in [0.1, 0.15) is 91.0 Å². The topological polar surface area (TPSA) is 188 Å². The van der Waals surface area contributed by atoms with Crippen molar-refractivity contribution in [3.63, 3.8) is 0 Å². The highest BCUT2D eigenvalue weighted by molar-refractivity contribution is 6.00. The third kappa shape index (κ3) is 14.9. The van der Waals surface area contributed by atoms with Crippen LogP contribution in [-0.4, -0.2) is 116 Å². The fourth-order valence-electron chi connectivity index (χ4n) is 6.94. The van der Waals surface area contributed by atoms with Crippen LogP contribution >= 0.6 is 0 Å². The van der Waals surface area contributed by atoms with Crippen molar-refractivity contribution in [2.45, 2.75) is 89.3 Å². The molecule has 13 nitrogen and oxygen atoms in total. The first-order chi connectivity index (χ1) is 26.1. The van der Waals surface area contributed by atoms with Crippen LogP contribution in [0.15, 0.2) is 54.6 Å². The van der Waals surface area contributed by atoms with Gasteiger partial charge in [-0.25, -0.2) is 4.79 Å². The summed E-state index contributed by atoms with van der Waals surface area (Å²) in [4.78, 5) is 80.1. The molecule has 0 saturated heterocycles. The minimum absolute atomic E-state index is 0.111. The number of ether oxygens (including phenoxy) is 1. The number of rotatable bonds is 23. The van der Waals surface area contributed by atoms with Crippen LogP contribution in [0.2, 0.25) is 0 Å². The van der Waals surface area contributed by atoms with E-state index < -0.39 is 66.9 Å². The number of Topliss-reactive ketones (excluding diaryl/α,β-unsaturated/α-hetero) is 2. The van der Waals surface area contributed by atoms with E-state index in [0.717, 1.165) is 48.7 Å². The van der Waals surface area contributed by atoms with E-state index in [9.17, 15) is 39.0 Å². The molecule has 1 saturated carbocycles. The fourth-order valence-corrected chi connectivity index (χ4v) is 6.94. The van der Waals surface area contributed by atoms with Gasteiger partial charge in [-0.3, -0.25) is 24.0 Å². The molecule has 2 aromatic rings. The molecule has 3 rings (SSSR count). The maximum atomic E-state index is 14.0. The number of carbonyl (C=O) groups is 6. The van der Waals surface area contributed by atoms with Gasteiger partial charge in [-0.15, -0.1) is 0 Å². The number of benzene rings is 2. The highest BCUT2D eigenvalue weighted by atomic mass is 16.5. The molecule has 0 heterocycles. The summed E-state index contributed by atoms with van der Waals surface area (Å²) in [6, 6.07) is 12.4. The number of hydrogen-bond donors (Lipinski definition) is 5. The highest BCUT2D eigenvalue weighted by Crippen LogP contribution is 2.30. The fraction of sp³-hybridized carbons (Fsp3) is 0.571. The third-order valence-electron chi connectivity index (χ3n) is 10.3. The van der Waals surface area contributed by atoms with Gasteiger partial charge in [-0.1, -0.05) is 50.1 Å². The zero-order chi connectivity index (χ0) is 40.5. The second-order valence-electron chi connectivity index (χ2n) is 15.8. The van der Waals surface area contributed by atoms with Gasteiger partial charge in [-0.2, -0.15) is 0 Å². The van der Waals surface area contributed by atoms with Gasteiger partial charge in [0.15, 0.2) is 11.6 Å². The number of aliphatic hydroxyl groups is 2. The van der Waals surface area contributed by atoms with E-state index in [0.29, 0.717) is 12.8 Å². The molecular weight excluding hydrogens is 704 g/mol. The summed E-state index contributed by atoms with van der Waals surface area (Å²) in [5, 5.41) is 27.6. The van der Waals surface area contributed by atoms with Gasteiger partial charge in [0.2, 0.25) is 11.8 Å². The van der Waals surface area contributed by atoms with Crippen LogP contribution < -0.4 is 16.0 Å². The van der Waals surface area contributed by atoms with E-state index in [1.165, 1.54) is 31.4 Å². The smallest absolute Gasteiger partial charge is 0.337 e. The number of nitrogens with zero attached hydrogens (tertiary/aromatic N) is 1. The van der Waals surface area contributed by atoms with Gasteiger partial charge in [0.05, 0.1) is 71.7 Å². The highest BCUT2D eigenvalue weighted by Gasteiger charge is 2.36. The van der Waals surface area contributed by atoms with Gasteiger partial charge in [0.1, 0.15) is 0 Å². The van der Waals surface area contributed by atoms with Crippen molar-refractivity contribution >= 4 is 35.3 Å². The van der Waals surface area contributed by atoms with Crippen molar-refractivity contribution in [3.05, 3.63) is 71.3 Å². The normalized spacial score (nSPS) is 15.4. The summed E-state index contributed by atoms with van der Waals surface area (Å²) in [5.74, 6) is -4.22. The Balaban J connectivity index is 1.75. The number of carbonyl (C=O) groups excluding carboxylic acids is 6. The summed E-state index contributed by atoms with van der Waals surface area (Å²) in [5.41, 5.74) is 1.33. The van der Waals surface area contributed by atoms with Crippen molar-refractivity contribution in [1.82, 2.24) is 16.0 Å². The summed E-state index contributed by atoms with van der Waals surface area (Å²) in [6.07, 6.45) is 5.16. The number of ketones is 2. The van der Waals surface area contributed by atoms with Crippen molar-refractivity contribution in [3.8, 4) is 0 Å². The average molecular weight is 766 g/mol. The lowest BCUT2D eigenvalue weighted by molar-refractivity contribution is -0.870. The molecule has 0 aromatic heterocycles. The van der Waals surface area contributed by atoms with Crippen LogP contribution in [0.5, 0.6) is 0 Å².